The highest BCUT2D eigenvalue weighted by molar-refractivity contribution is 9.10. The van der Waals surface area contributed by atoms with Gasteiger partial charge in [-0.05, 0) is 49.4 Å². The summed E-state index contributed by atoms with van der Waals surface area (Å²) in [7, 11) is 1.95. The number of likely N-dealkylation sites (N-methyl/N-ethyl adjacent to an activating group) is 1. The van der Waals surface area contributed by atoms with Gasteiger partial charge >= 0.3 is 0 Å². The van der Waals surface area contributed by atoms with E-state index in [0.29, 0.717) is 0 Å². The molecule has 0 fully saturated rings. The van der Waals surface area contributed by atoms with E-state index in [9.17, 15) is 0 Å². The van der Waals surface area contributed by atoms with Gasteiger partial charge < -0.3 is 9.73 Å². The summed E-state index contributed by atoms with van der Waals surface area (Å²) in [6.07, 6.45) is 0.853. The van der Waals surface area contributed by atoms with Crippen LogP contribution in [0.25, 0.3) is 11.0 Å². The van der Waals surface area contributed by atoms with Crippen molar-refractivity contribution in [2.24, 2.45) is 0 Å². The molecule has 0 bridgehead atoms. The summed E-state index contributed by atoms with van der Waals surface area (Å²) in [6.45, 7) is 0. The molecule has 0 saturated heterocycles. The van der Waals surface area contributed by atoms with E-state index in [1.165, 1.54) is 5.56 Å². The smallest absolute Gasteiger partial charge is 0.134 e. The summed E-state index contributed by atoms with van der Waals surface area (Å²) in [4.78, 5) is 0. The van der Waals surface area contributed by atoms with E-state index in [2.05, 4.69) is 39.4 Å². The highest BCUT2D eigenvalue weighted by Gasteiger charge is 2.16. The highest BCUT2D eigenvalue weighted by atomic mass is 79.9. The zero-order valence-corrected chi connectivity index (χ0v) is 13.9. The van der Waals surface area contributed by atoms with Gasteiger partial charge in [0.05, 0.1) is 6.04 Å². The lowest BCUT2D eigenvalue weighted by molar-refractivity contribution is 0.450. The second kappa shape index (κ2) is 6.22. The molecule has 0 radical (unpaired) electrons. The molecule has 0 spiro atoms. The van der Waals surface area contributed by atoms with Crippen molar-refractivity contribution in [3.63, 3.8) is 0 Å². The van der Waals surface area contributed by atoms with E-state index in [0.717, 1.165) is 32.6 Å². The molecule has 0 amide bonds. The van der Waals surface area contributed by atoms with E-state index in [1.807, 2.05) is 37.4 Å². The zero-order chi connectivity index (χ0) is 14.8. The second-order valence-corrected chi connectivity index (χ2v) is 6.26. The second-order valence-electron chi connectivity index (χ2n) is 4.97. The van der Waals surface area contributed by atoms with Crippen molar-refractivity contribution in [3.8, 4) is 0 Å². The topological polar surface area (TPSA) is 25.2 Å². The third-order valence-electron chi connectivity index (χ3n) is 3.57. The molecule has 4 heteroatoms. The lowest BCUT2D eigenvalue weighted by Gasteiger charge is -2.14. The third-order valence-corrected chi connectivity index (χ3v) is 4.58. The first-order valence-electron chi connectivity index (χ1n) is 6.77. The molecule has 1 N–H and O–H groups in total. The number of fused-ring (bicyclic) bond motifs is 1. The van der Waals surface area contributed by atoms with Gasteiger partial charge in [0.2, 0.25) is 0 Å². The van der Waals surface area contributed by atoms with Crippen molar-refractivity contribution in [2.45, 2.75) is 12.5 Å². The summed E-state index contributed by atoms with van der Waals surface area (Å²) in [5.41, 5.74) is 2.11. The van der Waals surface area contributed by atoms with Gasteiger partial charge in [0, 0.05) is 14.9 Å². The fourth-order valence-electron chi connectivity index (χ4n) is 2.44. The molecule has 2 aromatic carbocycles. The van der Waals surface area contributed by atoms with Crippen LogP contribution in [0.4, 0.5) is 0 Å². The molecule has 1 unspecified atom stereocenters. The molecule has 3 aromatic rings. The fraction of sp³-hybridized carbons (Fsp3) is 0.176. The van der Waals surface area contributed by atoms with Crippen LogP contribution in [-0.2, 0) is 6.42 Å². The van der Waals surface area contributed by atoms with Crippen LogP contribution in [0.15, 0.2) is 57.4 Å². The first-order chi connectivity index (χ1) is 10.2. The molecule has 21 heavy (non-hydrogen) atoms. The molecule has 3 rings (SSSR count). The Balaban J connectivity index is 1.93. The van der Waals surface area contributed by atoms with Crippen molar-refractivity contribution in [1.29, 1.82) is 0 Å². The van der Waals surface area contributed by atoms with E-state index in [-0.39, 0.29) is 6.04 Å². The Bertz CT molecular complexity index is 768. The van der Waals surface area contributed by atoms with Gasteiger partial charge in [0.25, 0.3) is 0 Å². The van der Waals surface area contributed by atoms with Crippen LogP contribution < -0.4 is 5.32 Å². The lowest BCUT2D eigenvalue weighted by atomic mass is 10.0. The van der Waals surface area contributed by atoms with Crippen molar-refractivity contribution >= 4 is 38.5 Å². The number of furan rings is 1. The van der Waals surface area contributed by atoms with Gasteiger partial charge in [-0.3, -0.25) is 0 Å². The number of rotatable bonds is 4. The maximum absolute atomic E-state index is 6.03. The molecular weight excluding hydrogens is 350 g/mol. The average molecular weight is 365 g/mol. The van der Waals surface area contributed by atoms with Crippen molar-refractivity contribution < 1.29 is 4.42 Å². The number of halogens is 2. The Hall–Kier alpha value is -1.29. The summed E-state index contributed by atoms with van der Waals surface area (Å²) >= 11 is 9.62. The minimum absolute atomic E-state index is 0.120. The van der Waals surface area contributed by atoms with Crippen LogP contribution >= 0.6 is 27.5 Å². The molecule has 0 aliphatic carbocycles. The molecule has 1 aromatic heterocycles. The average Bonchev–Trinajstić information content (AvgIpc) is 2.89. The predicted octanol–water partition coefficient (Wildman–Crippen LogP) is 5.35. The predicted molar refractivity (Wildman–Crippen MR) is 90.9 cm³/mol. The van der Waals surface area contributed by atoms with Crippen LogP contribution in [0.3, 0.4) is 0 Å². The van der Waals surface area contributed by atoms with Crippen molar-refractivity contribution in [3.05, 3.63) is 69.3 Å². The first-order valence-corrected chi connectivity index (χ1v) is 7.94. The normalized spacial score (nSPS) is 12.7. The van der Waals surface area contributed by atoms with Gasteiger partial charge in [0.1, 0.15) is 11.3 Å². The molecule has 1 atom stereocenters. The molecule has 2 nitrogen and oxygen atoms in total. The van der Waals surface area contributed by atoms with E-state index < -0.39 is 0 Å². The molecule has 0 aliphatic heterocycles. The van der Waals surface area contributed by atoms with Gasteiger partial charge in [0.15, 0.2) is 0 Å². The van der Waals surface area contributed by atoms with Crippen molar-refractivity contribution in [1.82, 2.24) is 5.32 Å². The molecule has 108 valence electrons. The fourth-order valence-corrected chi connectivity index (χ4v) is 3.06. The van der Waals surface area contributed by atoms with Crippen LogP contribution in [0, 0.1) is 0 Å². The SMILES string of the molecule is CNC(Cc1ccccc1Br)c1cc2cc(Cl)ccc2o1. The Morgan fingerprint density at radius 1 is 1.19 bits per heavy atom. The Labute approximate surface area is 137 Å². The summed E-state index contributed by atoms with van der Waals surface area (Å²) in [5.74, 6) is 0.922. The van der Waals surface area contributed by atoms with E-state index in [4.69, 9.17) is 16.0 Å². The lowest BCUT2D eigenvalue weighted by Crippen LogP contribution is -2.18. The highest BCUT2D eigenvalue weighted by Crippen LogP contribution is 2.29. The van der Waals surface area contributed by atoms with Crippen LogP contribution in [-0.4, -0.2) is 7.05 Å². The minimum atomic E-state index is 0.120. The van der Waals surface area contributed by atoms with Gasteiger partial charge in [-0.1, -0.05) is 45.7 Å². The third kappa shape index (κ3) is 3.15. The van der Waals surface area contributed by atoms with E-state index in [1.54, 1.807) is 0 Å². The zero-order valence-electron chi connectivity index (χ0n) is 11.6. The van der Waals surface area contributed by atoms with Gasteiger partial charge in [-0.2, -0.15) is 0 Å². The number of hydrogen-bond acceptors (Lipinski definition) is 2. The largest absolute Gasteiger partial charge is 0.459 e. The quantitative estimate of drug-likeness (QED) is 0.675. The Kier molecular flexibility index (Phi) is 4.34. The van der Waals surface area contributed by atoms with E-state index >= 15 is 0 Å². The molecule has 1 heterocycles. The monoisotopic (exact) mass is 363 g/mol. The van der Waals surface area contributed by atoms with Crippen molar-refractivity contribution in [2.75, 3.05) is 7.05 Å². The summed E-state index contributed by atoms with van der Waals surface area (Å²) in [5, 5.41) is 5.08. The number of benzene rings is 2. The Morgan fingerprint density at radius 2 is 2.00 bits per heavy atom. The maximum Gasteiger partial charge on any atom is 0.134 e. The number of nitrogens with one attached hydrogen (secondary N) is 1. The van der Waals surface area contributed by atoms with Gasteiger partial charge in [-0.15, -0.1) is 0 Å². The molecule has 0 aliphatic rings. The minimum Gasteiger partial charge on any atom is -0.459 e. The summed E-state index contributed by atoms with van der Waals surface area (Å²) in [6, 6.07) is 16.1. The van der Waals surface area contributed by atoms with Crippen LogP contribution in [0.5, 0.6) is 0 Å². The van der Waals surface area contributed by atoms with Crippen LogP contribution in [0.2, 0.25) is 5.02 Å². The summed E-state index contributed by atoms with van der Waals surface area (Å²) < 4.78 is 7.07. The number of hydrogen-bond donors (Lipinski definition) is 1. The maximum atomic E-state index is 6.03. The van der Waals surface area contributed by atoms with Crippen LogP contribution in [0.1, 0.15) is 17.4 Å². The Morgan fingerprint density at radius 3 is 2.76 bits per heavy atom. The molecular formula is C17H15BrClNO. The first kappa shape index (κ1) is 14.6. The molecule has 0 saturated carbocycles. The standard InChI is InChI=1S/C17H15BrClNO/c1-20-15(9-11-4-2-3-5-14(11)18)17-10-12-8-13(19)6-7-16(12)21-17/h2-8,10,15,20H,9H2,1H3. The van der Waals surface area contributed by atoms with Gasteiger partial charge in [-0.25, -0.2) is 0 Å².